The summed E-state index contributed by atoms with van der Waals surface area (Å²) in [7, 11) is 0. The predicted molar refractivity (Wildman–Crippen MR) is 114 cm³/mol. The van der Waals surface area contributed by atoms with Crippen molar-refractivity contribution in [3.05, 3.63) is 16.1 Å². The van der Waals surface area contributed by atoms with E-state index in [-0.39, 0.29) is 5.92 Å². The Morgan fingerprint density at radius 3 is 2.39 bits per heavy atom. The molecule has 1 aromatic heterocycles. The number of nitrogens with zero attached hydrogens (tertiary/aromatic N) is 3. The smallest absolute Gasteiger partial charge is 0.223 e. The lowest BCUT2D eigenvalue weighted by molar-refractivity contribution is -0.127. The zero-order chi connectivity index (χ0) is 19.3. The van der Waals surface area contributed by atoms with E-state index in [4.69, 9.17) is 0 Å². The highest BCUT2D eigenvalue weighted by molar-refractivity contribution is 7.09. The molecule has 1 N–H and O–H groups in total. The van der Waals surface area contributed by atoms with Gasteiger partial charge in [0.2, 0.25) is 5.91 Å². The maximum Gasteiger partial charge on any atom is 0.223 e. The number of nitrogens with one attached hydrogen (secondary N) is 1. The van der Waals surface area contributed by atoms with Gasteiger partial charge in [0, 0.05) is 43.5 Å². The predicted octanol–water partition coefficient (Wildman–Crippen LogP) is 3.43. The van der Waals surface area contributed by atoms with Crippen LogP contribution in [0, 0.1) is 18.8 Å². The largest absolute Gasteiger partial charge is 0.353 e. The molecule has 1 saturated carbocycles. The highest BCUT2D eigenvalue weighted by Crippen LogP contribution is 2.27. The highest BCUT2D eigenvalue weighted by atomic mass is 32.1. The fourth-order valence-electron chi connectivity index (χ4n) is 5.20. The van der Waals surface area contributed by atoms with Crippen molar-refractivity contribution in [1.82, 2.24) is 20.1 Å². The summed E-state index contributed by atoms with van der Waals surface area (Å²) >= 11 is 1.72. The van der Waals surface area contributed by atoms with E-state index in [9.17, 15) is 4.79 Å². The molecule has 0 atom stereocenters. The second kappa shape index (κ2) is 9.68. The van der Waals surface area contributed by atoms with Crippen molar-refractivity contribution in [3.8, 4) is 0 Å². The molecule has 156 valence electrons. The Balaban J connectivity index is 1.14. The molecule has 0 radical (unpaired) electrons. The lowest BCUT2D eigenvalue weighted by Gasteiger charge is -2.35. The number of hydrogen-bond donors (Lipinski definition) is 1. The summed E-state index contributed by atoms with van der Waals surface area (Å²) < 4.78 is 0. The number of carbonyl (C=O) groups is 1. The quantitative estimate of drug-likeness (QED) is 0.789. The van der Waals surface area contributed by atoms with Crippen LogP contribution in [-0.4, -0.2) is 59.5 Å². The zero-order valence-corrected chi connectivity index (χ0v) is 18.2. The van der Waals surface area contributed by atoms with Crippen LogP contribution in [0.1, 0.15) is 62.1 Å². The Morgan fingerprint density at radius 2 is 1.75 bits per heavy atom. The summed E-state index contributed by atoms with van der Waals surface area (Å²) in [5.74, 6) is 1.44. The van der Waals surface area contributed by atoms with Crippen molar-refractivity contribution in [2.45, 2.75) is 70.9 Å². The van der Waals surface area contributed by atoms with Crippen molar-refractivity contribution < 1.29 is 4.79 Å². The van der Waals surface area contributed by atoms with Gasteiger partial charge in [0.25, 0.3) is 0 Å². The Hall–Kier alpha value is -0.980. The number of carbonyl (C=O) groups excluding carboxylic acids is 1. The molecular weight excluding hydrogens is 368 g/mol. The average Bonchev–Trinajstić information content (AvgIpc) is 3.36. The van der Waals surface area contributed by atoms with Crippen LogP contribution in [0.15, 0.2) is 5.38 Å². The van der Waals surface area contributed by atoms with Crippen molar-refractivity contribution in [3.63, 3.8) is 0 Å². The minimum atomic E-state index is 0.199. The van der Waals surface area contributed by atoms with Crippen LogP contribution in [0.2, 0.25) is 0 Å². The molecule has 2 aliphatic heterocycles. The van der Waals surface area contributed by atoms with E-state index in [1.54, 1.807) is 11.3 Å². The van der Waals surface area contributed by atoms with Crippen molar-refractivity contribution >= 4 is 17.2 Å². The van der Waals surface area contributed by atoms with E-state index >= 15 is 0 Å². The first kappa shape index (κ1) is 20.3. The molecule has 28 heavy (non-hydrogen) atoms. The fourth-order valence-corrected chi connectivity index (χ4v) is 5.80. The Bertz CT molecular complexity index is 626. The molecule has 0 spiro atoms. The summed E-state index contributed by atoms with van der Waals surface area (Å²) in [6.45, 7) is 8.61. The summed E-state index contributed by atoms with van der Waals surface area (Å²) in [5.41, 5.74) is 1.18. The van der Waals surface area contributed by atoms with Crippen LogP contribution in [-0.2, 0) is 11.3 Å². The van der Waals surface area contributed by atoms with E-state index < -0.39 is 0 Å². The van der Waals surface area contributed by atoms with Crippen molar-refractivity contribution in [2.24, 2.45) is 11.8 Å². The third kappa shape index (κ3) is 5.55. The number of hydrogen-bond acceptors (Lipinski definition) is 5. The summed E-state index contributed by atoms with van der Waals surface area (Å²) in [4.78, 5) is 22.4. The molecule has 2 saturated heterocycles. The molecule has 6 heteroatoms. The van der Waals surface area contributed by atoms with E-state index in [0.717, 1.165) is 69.3 Å². The Kier molecular flexibility index (Phi) is 7.02. The van der Waals surface area contributed by atoms with Gasteiger partial charge in [-0.2, -0.15) is 0 Å². The molecule has 3 heterocycles. The monoisotopic (exact) mass is 404 g/mol. The molecule has 5 nitrogen and oxygen atoms in total. The number of aryl methyl sites for hydroxylation is 1. The lowest BCUT2D eigenvalue weighted by atomic mass is 9.94. The van der Waals surface area contributed by atoms with Crippen LogP contribution >= 0.6 is 11.3 Å². The Labute approximate surface area is 173 Å². The van der Waals surface area contributed by atoms with Crippen molar-refractivity contribution in [1.29, 1.82) is 0 Å². The van der Waals surface area contributed by atoms with Crippen LogP contribution < -0.4 is 5.32 Å². The molecule has 0 aromatic carbocycles. The molecule has 1 amide bonds. The number of thiazole rings is 1. The normalized spacial score (nSPS) is 24.0. The van der Waals surface area contributed by atoms with E-state index in [1.807, 2.05) is 0 Å². The van der Waals surface area contributed by atoms with Gasteiger partial charge in [-0.15, -0.1) is 11.3 Å². The summed E-state index contributed by atoms with van der Waals surface area (Å²) in [5, 5.41) is 6.67. The number of likely N-dealkylation sites (tertiary alicyclic amines) is 2. The molecule has 4 rings (SSSR count). The van der Waals surface area contributed by atoms with Gasteiger partial charge in [0.15, 0.2) is 0 Å². The van der Waals surface area contributed by atoms with Crippen LogP contribution in [0.4, 0.5) is 0 Å². The summed E-state index contributed by atoms with van der Waals surface area (Å²) in [6, 6.07) is 0.392. The zero-order valence-electron chi connectivity index (χ0n) is 17.4. The van der Waals surface area contributed by atoms with Gasteiger partial charge < -0.3 is 10.2 Å². The fraction of sp³-hybridized carbons (Fsp3) is 0.818. The molecular formula is C22H36N4OS. The summed E-state index contributed by atoms with van der Waals surface area (Å²) in [6.07, 6.45) is 9.93. The molecule has 0 unspecified atom stereocenters. The van der Waals surface area contributed by atoms with Gasteiger partial charge in [0.1, 0.15) is 0 Å². The van der Waals surface area contributed by atoms with Gasteiger partial charge in [-0.25, -0.2) is 4.98 Å². The minimum Gasteiger partial charge on any atom is -0.353 e. The first-order chi connectivity index (χ1) is 13.7. The maximum absolute atomic E-state index is 12.7. The molecule has 0 bridgehead atoms. The lowest BCUT2D eigenvalue weighted by Crippen LogP contribution is -2.48. The van der Waals surface area contributed by atoms with E-state index in [0.29, 0.717) is 11.9 Å². The number of aromatic nitrogens is 1. The van der Waals surface area contributed by atoms with E-state index in [2.05, 4.69) is 32.4 Å². The van der Waals surface area contributed by atoms with Crippen LogP contribution in [0.5, 0.6) is 0 Å². The molecule has 3 aliphatic rings. The van der Waals surface area contributed by atoms with Crippen LogP contribution in [0.3, 0.4) is 0 Å². The van der Waals surface area contributed by atoms with E-state index in [1.165, 1.54) is 37.9 Å². The number of amides is 1. The SMILES string of the molecule is Cc1nc(CN2CCC(C(=O)NC3CCN(CC4CCCC4)CC3)CC2)cs1. The topological polar surface area (TPSA) is 48.5 Å². The second-order valence-corrected chi connectivity index (χ2v) is 10.2. The number of piperidine rings is 2. The first-order valence-electron chi connectivity index (χ1n) is 11.3. The Morgan fingerprint density at radius 1 is 1.07 bits per heavy atom. The standard InChI is InChI=1S/C22H36N4OS/c1-17-23-21(16-28-17)15-26-10-6-19(7-11-26)22(27)24-20-8-12-25(13-9-20)14-18-4-2-3-5-18/h16,18-20H,2-15H2,1H3,(H,24,27). The average molecular weight is 405 g/mol. The first-order valence-corrected chi connectivity index (χ1v) is 12.2. The highest BCUT2D eigenvalue weighted by Gasteiger charge is 2.29. The van der Waals surface area contributed by atoms with Gasteiger partial charge >= 0.3 is 0 Å². The molecule has 1 aromatic rings. The van der Waals surface area contributed by atoms with Gasteiger partial charge in [-0.3, -0.25) is 9.69 Å². The molecule has 3 fully saturated rings. The van der Waals surface area contributed by atoms with Gasteiger partial charge in [0.05, 0.1) is 10.7 Å². The van der Waals surface area contributed by atoms with Gasteiger partial charge in [-0.05, 0) is 64.5 Å². The third-order valence-electron chi connectivity index (χ3n) is 6.94. The second-order valence-electron chi connectivity index (χ2n) is 9.14. The van der Waals surface area contributed by atoms with Crippen LogP contribution in [0.25, 0.3) is 0 Å². The number of rotatable bonds is 6. The van der Waals surface area contributed by atoms with Gasteiger partial charge in [-0.1, -0.05) is 12.8 Å². The van der Waals surface area contributed by atoms with Crippen molar-refractivity contribution in [2.75, 3.05) is 32.7 Å². The third-order valence-corrected chi connectivity index (χ3v) is 7.76. The molecule has 1 aliphatic carbocycles. The maximum atomic E-state index is 12.7. The minimum absolute atomic E-state index is 0.199.